The van der Waals surface area contributed by atoms with Gasteiger partial charge in [0.1, 0.15) is 0 Å². The van der Waals surface area contributed by atoms with E-state index in [4.69, 9.17) is 5.73 Å². The van der Waals surface area contributed by atoms with Crippen molar-refractivity contribution in [3.05, 3.63) is 34.9 Å². The summed E-state index contributed by atoms with van der Waals surface area (Å²) in [5, 5.41) is 0. The van der Waals surface area contributed by atoms with Crippen LogP contribution in [0.15, 0.2) is 18.2 Å². The Hall–Kier alpha value is -1.24. The molecule has 0 amide bonds. The van der Waals surface area contributed by atoms with E-state index < -0.39 is 29.5 Å². The van der Waals surface area contributed by atoms with Crippen molar-refractivity contribution in [1.29, 1.82) is 0 Å². The molecule has 1 aliphatic carbocycles. The molecule has 19 heavy (non-hydrogen) atoms. The summed E-state index contributed by atoms with van der Waals surface area (Å²) in [6.07, 6.45) is -8.23. The number of halogens is 6. The van der Waals surface area contributed by atoms with Crippen LogP contribution in [0.25, 0.3) is 0 Å². The maximum atomic E-state index is 12.8. The van der Waals surface area contributed by atoms with Crippen molar-refractivity contribution in [2.24, 2.45) is 11.7 Å². The van der Waals surface area contributed by atoms with Crippen LogP contribution in [0.2, 0.25) is 0 Å². The lowest BCUT2D eigenvalue weighted by Crippen LogP contribution is -2.20. The second-order valence-corrected chi connectivity index (χ2v) is 4.66. The molecule has 1 aromatic rings. The third kappa shape index (κ3) is 3.02. The minimum Gasteiger partial charge on any atom is -0.324 e. The van der Waals surface area contributed by atoms with E-state index >= 15 is 0 Å². The molecule has 0 radical (unpaired) electrons. The van der Waals surface area contributed by atoms with Gasteiger partial charge in [0.2, 0.25) is 0 Å². The highest BCUT2D eigenvalue weighted by molar-refractivity contribution is 5.38. The van der Waals surface area contributed by atoms with Crippen molar-refractivity contribution in [3.63, 3.8) is 0 Å². The number of rotatable bonds is 2. The van der Waals surface area contributed by atoms with Crippen molar-refractivity contribution >= 4 is 0 Å². The Morgan fingerprint density at radius 1 is 1.00 bits per heavy atom. The van der Waals surface area contributed by atoms with Crippen LogP contribution in [-0.2, 0) is 12.4 Å². The molecule has 106 valence electrons. The average molecular weight is 283 g/mol. The summed E-state index contributed by atoms with van der Waals surface area (Å²) < 4.78 is 75.9. The maximum absolute atomic E-state index is 12.8. The van der Waals surface area contributed by atoms with E-state index in [0.717, 1.165) is 6.07 Å². The van der Waals surface area contributed by atoms with E-state index in [1.807, 2.05) is 0 Å². The molecule has 2 N–H and O–H groups in total. The van der Waals surface area contributed by atoms with E-state index in [-0.39, 0.29) is 17.5 Å². The van der Waals surface area contributed by atoms with E-state index in [0.29, 0.717) is 18.9 Å². The monoisotopic (exact) mass is 283 g/mol. The lowest BCUT2D eigenvalue weighted by molar-refractivity contribution is -0.143. The Kier molecular flexibility index (Phi) is 3.28. The summed E-state index contributed by atoms with van der Waals surface area (Å²) in [5.74, 6) is -0.0714. The summed E-state index contributed by atoms with van der Waals surface area (Å²) in [6, 6.07) is 0.762. The average Bonchev–Trinajstić information content (AvgIpc) is 3.08. The lowest BCUT2D eigenvalue weighted by atomic mass is 9.95. The minimum absolute atomic E-state index is 0.0714. The van der Waals surface area contributed by atoms with E-state index in [1.165, 1.54) is 0 Å². The van der Waals surface area contributed by atoms with Crippen LogP contribution in [-0.4, -0.2) is 0 Å². The van der Waals surface area contributed by atoms with Gasteiger partial charge in [0.25, 0.3) is 0 Å². The molecule has 0 aliphatic heterocycles. The molecule has 1 atom stereocenters. The van der Waals surface area contributed by atoms with E-state index in [1.54, 1.807) is 0 Å². The highest BCUT2D eigenvalue weighted by Crippen LogP contribution is 2.45. The quantitative estimate of drug-likeness (QED) is 0.811. The molecular formula is C12H11F6N. The Bertz CT molecular complexity index is 472. The molecule has 1 aromatic carbocycles. The van der Waals surface area contributed by atoms with Gasteiger partial charge in [-0.15, -0.1) is 0 Å². The fourth-order valence-electron chi connectivity index (χ4n) is 1.98. The topological polar surface area (TPSA) is 26.0 Å². The maximum Gasteiger partial charge on any atom is 0.416 e. The molecule has 1 nitrogen and oxygen atoms in total. The zero-order valence-electron chi connectivity index (χ0n) is 9.65. The zero-order valence-corrected chi connectivity index (χ0v) is 9.65. The van der Waals surface area contributed by atoms with Gasteiger partial charge in [-0.3, -0.25) is 0 Å². The Labute approximate surface area is 105 Å². The third-order valence-electron chi connectivity index (χ3n) is 3.18. The highest BCUT2D eigenvalue weighted by Gasteiger charge is 2.41. The van der Waals surface area contributed by atoms with Gasteiger partial charge >= 0.3 is 12.4 Å². The lowest BCUT2D eigenvalue weighted by Gasteiger charge is -2.19. The molecule has 0 unspecified atom stereocenters. The zero-order chi connectivity index (χ0) is 14.4. The largest absolute Gasteiger partial charge is 0.416 e. The van der Waals surface area contributed by atoms with Gasteiger partial charge in [-0.05, 0) is 36.5 Å². The second-order valence-electron chi connectivity index (χ2n) is 4.66. The fraction of sp³-hybridized carbons (Fsp3) is 0.500. The first-order valence-corrected chi connectivity index (χ1v) is 5.64. The van der Waals surface area contributed by atoms with Gasteiger partial charge in [0, 0.05) is 6.04 Å². The smallest absolute Gasteiger partial charge is 0.324 e. The Balaban J connectivity index is 2.49. The van der Waals surface area contributed by atoms with Crippen LogP contribution in [0.3, 0.4) is 0 Å². The molecule has 1 saturated carbocycles. The molecule has 0 heterocycles. The van der Waals surface area contributed by atoms with Crippen LogP contribution < -0.4 is 5.73 Å². The van der Waals surface area contributed by atoms with Crippen LogP contribution >= 0.6 is 0 Å². The van der Waals surface area contributed by atoms with Gasteiger partial charge < -0.3 is 5.73 Å². The summed E-state index contributed by atoms with van der Waals surface area (Å²) in [6.45, 7) is 0. The van der Waals surface area contributed by atoms with E-state index in [9.17, 15) is 26.3 Å². The van der Waals surface area contributed by atoms with Gasteiger partial charge in [0.05, 0.1) is 11.1 Å². The second kappa shape index (κ2) is 4.40. The van der Waals surface area contributed by atoms with Gasteiger partial charge in [-0.2, -0.15) is 26.3 Å². The molecule has 0 spiro atoms. The summed E-state index contributed by atoms with van der Waals surface area (Å²) in [4.78, 5) is 0. The highest BCUT2D eigenvalue weighted by atomic mass is 19.4. The predicted molar refractivity (Wildman–Crippen MR) is 56.1 cm³/mol. The summed E-state index contributed by atoms with van der Waals surface area (Å²) in [5.41, 5.74) is 2.81. The molecule has 1 aliphatic rings. The predicted octanol–water partition coefficient (Wildman–Crippen LogP) is 4.13. The number of alkyl halides is 6. The first kappa shape index (κ1) is 14.2. The van der Waals surface area contributed by atoms with Crippen molar-refractivity contribution in [3.8, 4) is 0 Å². The molecule has 7 heteroatoms. The third-order valence-corrected chi connectivity index (χ3v) is 3.18. The van der Waals surface area contributed by atoms with Crippen molar-refractivity contribution in [2.75, 3.05) is 0 Å². The minimum atomic E-state index is -4.84. The molecule has 2 rings (SSSR count). The number of hydrogen-bond donors (Lipinski definition) is 1. The summed E-state index contributed by atoms with van der Waals surface area (Å²) in [7, 11) is 0. The number of nitrogens with two attached hydrogens (primary N) is 1. The van der Waals surface area contributed by atoms with E-state index in [2.05, 4.69) is 0 Å². The Morgan fingerprint density at radius 3 is 2.00 bits per heavy atom. The summed E-state index contributed by atoms with van der Waals surface area (Å²) >= 11 is 0. The molecule has 0 saturated heterocycles. The van der Waals surface area contributed by atoms with Gasteiger partial charge in [-0.25, -0.2) is 0 Å². The van der Waals surface area contributed by atoms with Crippen molar-refractivity contribution in [2.45, 2.75) is 31.2 Å². The van der Waals surface area contributed by atoms with Crippen LogP contribution in [0.1, 0.15) is 35.6 Å². The number of benzene rings is 1. The standard InChI is InChI=1S/C12H11F6N/c13-11(14,15)7-3-4-8(10(19)6-1-2-6)9(5-7)12(16,17)18/h3-6,10H,1-2,19H2/t10-/m0/s1. The van der Waals surface area contributed by atoms with Gasteiger partial charge in [0.15, 0.2) is 0 Å². The SMILES string of the molecule is N[C@H](c1ccc(C(F)(F)F)cc1C(F)(F)F)C1CC1. The first-order chi connectivity index (χ1) is 8.60. The van der Waals surface area contributed by atoms with Crippen LogP contribution in [0.4, 0.5) is 26.3 Å². The van der Waals surface area contributed by atoms with Crippen molar-refractivity contribution in [1.82, 2.24) is 0 Å². The van der Waals surface area contributed by atoms with Gasteiger partial charge in [-0.1, -0.05) is 6.07 Å². The number of hydrogen-bond acceptors (Lipinski definition) is 1. The normalized spacial score (nSPS) is 18.5. The fourth-order valence-corrected chi connectivity index (χ4v) is 1.98. The molecular weight excluding hydrogens is 272 g/mol. The first-order valence-electron chi connectivity index (χ1n) is 5.64. The molecule has 0 bridgehead atoms. The van der Waals surface area contributed by atoms with Crippen LogP contribution in [0, 0.1) is 5.92 Å². The van der Waals surface area contributed by atoms with Crippen LogP contribution in [0.5, 0.6) is 0 Å². The van der Waals surface area contributed by atoms with Crippen molar-refractivity contribution < 1.29 is 26.3 Å². The Morgan fingerprint density at radius 2 is 1.58 bits per heavy atom. The molecule has 0 aromatic heterocycles. The molecule has 1 fully saturated rings.